The maximum Gasteiger partial charge on any atom is 0.0973 e. The fourth-order valence-corrected chi connectivity index (χ4v) is 2.35. The van der Waals surface area contributed by atoms with Crippen molar-refractivity contribution in [3.63, 3.8) is 0 Å². The molecule has 2 heterocycles. The molecule has 1 aromatic heterocycles. The van der Waals surface area contributed by atoms with Crippen molar-refractivity contribution >= 4 is 17.0 Å². The zero-order chi connectivity index (χ0) is 13.4. The lowest BCUT2D eigenvalue weighted by atomic mass is 9.97. The summed E-state index contributed by atoms with van der Waals surface area (Å²) >= 11 is 1.64. The number of rotatable bonds is 1. The van der Waals surface area contributed by atoms with Crippen LogP contribution in [0, 0.1) is 18.8 Å². The van der Waals surface area contributed by atoms with Crippen LogP contribution in [-0.4, -0.2) is 22.8 Å². The van der Waals surface area contributed by atoms with Crippen molar-refractivity contribution in [1.29, 1.82) is 0 Å². The minimum absolute atomic E-state index is 0.339. The van der Waals surface area contributed by atoms with Gasteiger partial charge in [-0.1, -0.05) is 20.8 Å². The third-order valence-corrected chi connectivity index (χ3v) is 3.21. The number of hydrogen-bond donors (Lipinski definition) is 0. The van der Waals surface area contributed by atoms with E-state index < -0.39 is 0 Å². The van der Waals surface area contributed by atoms with E-state index in [2.05, 4.69) is 42.2 Å². The molecule has 4 heteroatoms. The Bertz CT molecular complexity index is 354. The topological polar surface area (TPSA) is 28.5 Å². The molecule has 0 spiro atoms. The molecule has 2 unspecified atom stereocenters. The number of aromatic nitrogens is 1. The van der Waals surface area contributed by atoms with Gasteiger partial charge >= 0.3 is 0 Å². The number of thiazole rings is 1. The van der Waals surface area contributed by atoms with E-state index in [4.69, 9.17) is 0 Å². The highest BCUT2D eigenvalue weighted by Gasteiger charge is 2.31. The van der Waals surface area contributed by atoms with E-state index in [0.717, 1.165) is 5.69 Å². The first-order valence-corrected chi connectivity index (χ1v) is 6.64. The Morgan fingerprint density at radius 1 is 1.35 bits per heavy atom. The van der Waals surface area contributed by atoms with Gasteiger partial charge in [-0.3, -0.25) is 5.01 Å². The molecular formula is C13H21N3S. The van der Waals surface area contributed by atoms with Crippen LogP contribution in [0.25, 0.3) is 0 Å². The SMILES string of the molecule is C#C.CC.CC1=NN(C)C(c2cscn2)C1C. The van der Waals surface area contributed by atoms with Crippen molar-refractivity contribution in [3.8, 4) is 12.8 Å². The van der Waals surface area contributed by atoms with Crippen LogP contribution in [0.4, 0.5) is 0 Å². The molecule has 2 atom stereocenters. The molecule has 0 bridgehead atoms. The predicted octanol–water partition coefficient (Wildman–Crippen LogP) is 3.42. The molecule has 0 N–H and O–H groups in total. The van der Waals surface area contributed by atoms with E-state index in [1.165, 1.54) is 5.71 Å². The minimum Gasteiger partial charge on any atom is -0.290 e. The number of nitrogens with zero attached hydrogens (tertiary/aromatic N) is 3. The minimum atomic E-state index is 0.339. The highest BCUT2D eigenvalue weighted by molar-refractivity contribution is 7.07. The Morgan fingerprint density at radius 2 is 1.94 bits per heavy atom. The van der Waals surface area contributed by atoms with Crippen LogP contribution in [-0.2, 0) is 0 Å². The zero-order valence-corrected chi connectivity index (χ0v) is 12.0. The van der Waals surface area contributed by atoms with Crippen molar-refractivity contribution in [2.45, 2.75) is 33.7 Å². The molecule has 0 saturated carbocycles. The standard InChI is InChI=1S/C9H13N3S.C2H6.C2H2/c1-6-7(2)11-12(3)9(6)8-4-13-5-10-8;2*1-2/h4-6,9H,1-3H3;1-2H3;1-2H. The van der Waals surface area contributed by atoms with Gasteiger partial charge in [0.1, 0.15) is 0 Å². The molecule has 0 aromatic carbocycles. The fraction of sp³-hybridized carbons (Fsp3) is 0.538. The lowest BCUT2D eigenvalue weighted by Gasteiger charge is -2.20. The van der Waals surface area contributed by atoms with E-state index in [0.29, 0.717) is 12.0 Å². The van der Waals surface area contributed by atoms with Crippen molar-refractivity contribution in [1.82, 2.24) is 9.99 Å². The average Bonchev–Trinajstić information content (AvgIpc) is 2.95. The van der Waals surface area contributed by atoms with E-state index >= 15 is 0 Å². The number of terminal acetylenes is 1. The maximum absolute atomic E-state index is 4.42. The molecular weight excluding hydrogens is 230 g/mol. The normalized spacial score (nSPS) is 21.8. The van der Waals surface area contributed by atoms with Gasteiger partial charge in [0, 0.05) is 24.1 Å². The van der Waals surface area contributed by atoms with Crippen molar-refractivity contribution < 1.29 is 0 Å². The van der Waals surface area contributed by atoms with Gasteiger partial charge in [0.25, 0.3) is 0 Å². The second kappa shape index (κ2) is 7.86. The summed E-state index contributed by atoms with van der Waals surface area (Å²) in [7, 11) is 2.01. The molecule has 0 fully saturated rings. The molecule has 17 heavy (non-hydrogen) atoms. The first kappa shape index (κ1) is 15.7. The summed E-state index contributed by atoms with van der Waals surface area (Å²) in [6.07, 6.45) is 8.00. The lowest BCUT2D eigenvalue weighted by molar-refractivity contribution is 0.253. The predicted molar refractivity (Wildman–Crippen MR) is 76.1 cm³/mol. The summed E-state index contributed by atoms with van der Waals surface area (Å²) in [4.78, 5) is 4.34. The summed E-state index contributed by atoms with van der Waals surface area (Å²) < 4.78 is 0. The Balaban J connectivity index is 0.000000581. The molecule has 0 saturated heterocycles. The molecule has 3 nitrogen and oxygen atoms in total. The summed E-state index contributed by atoms with van der Waals surface area (Å²) in [5.41, 5.74) is 4.21. The Hall–Kier alpha value is -1.34. The molecule has 0 radical (unpaired) electrons. The van der Waals surface area contributed by atoms with Crippen LogP contribution in [0.1, 0.15) is 39.4 Å². The molecule has 1 aromatic rings. The summed E-state index contributed by atoms with van der Waals surface area (Å²) in [6, 6.07) is 0.339. The molecule has 94 valence electrons. The summed E-state index contributed by atoms with van der Waals surface area (Å²) in [6.45, 7) is 8.28. The smallest absolute Gasteiger partial charge is 0.0973 e. The molecule has 0 aliphatic carbocycles. The maximum atomic E-state index is 4.42. The van der Waals surface area contributed by atoms with E-state index in [1.807, 2.05) is 31.4 Å². The molecule has 0 amide bonds. The van der Waals surface area contributed by atoms with Gasteiger partial charge in [0.15, 0.2) is 0 Å². The van der Waals surface area contributed by atoms with Crippen molar-refractivity contribution in [2.24, 2.45) is 11.0 Å². The Morgan fingerprint density at radius 3 is 2.29 bits per heavy atom. The van der Waals surface area contributed by atoms with Gasteiger partial charge in [-0.15, -0.1) is 24.2 Å². The van der Waals surface area contributed by atoms with Gasteiger partial charge in [0.2, 0.25) is 0 Å². The van der Waals surface area contributed by atoms with E-state index in [1.54, 1.807) is 11.3 Å². The molecule has 1 aliphatic heterocycles. The second-order valence-corrected chi connectivity index (χ2v) is 4.18. The third-order valence-electron chi connectivity index (χ3n) is 2.61. The van der Waals surface area contributed by atoms with Gasteiger partial charge < -0.3 is 0 Å². The van der Waals surface area contributed by atoms with Crippen LogP contribution in [0.15, 0.2) is 16.0 Å². The molecule has 2 rings (SSSR count). The first-order chi connectivity index (χ1) is 8.20. The highest BCUT2D eigenvalue weighted by Crippen LogP contribution is 2.33. The fourth-order valence-electron chi connectivity index (χ4n) is 1.77. The Labute approximate surface area is 109 Å². The highest BCUT2D eigenvalue weighted by atomic mass is 32.1. The largest absolute Gasteiger partial charge is 0.290 e. The van der Waals surface area contributed by atoms with Crippen LogP contribution in [0.3, 0.4) is 0 Å². The van der Waals surface area contributed by atoms with Crippen molar-refractivity contribution in [2.75, 3.05) is 7.05 Å². The summed E-state index contributed by atoms with van der Waals surface area (Å²) in [5, 5.41) is 8.53. The van der Waals surface area contributed by atoms with Crippen LogP contribution >= 0.6 is 11.3 Å². The lowest BCUT2D eigenvalue weighted by Crippen LogP contribution is -2.20. The van der Waals surface area contributed by atoms with Gasteiger partial charge in [-0.25, -0.2) is 4.98 Å². The monoisotopic (exact) mass is 251 g/mol. The van der Waals surface area contributed by atoms with Crippen molar-refractivity contribution in [3.05, 3.63) is 16.6 Å². The Kier molecular flexibility index (Phi) is 7.24. The first-order valence-electron chi connectivity index (χ1n) is 5.69. The number of hydrazone groups is 1. The van der Waals surface area contributed by atoms with E-state index in [9.17, 15) is 0 Å². The van der Waals surface area contributed by atoms with Gasteiger partial charge in [0.05, 0.1) is 17.2 Å². The van der Waals surface area contributed by atoms with E-state index in [-0.39, 0.29) is 0 Å². The quantitative estimate of drug-likeness (QED) is 0.716. The second-order valence-electron chi connectivity index (χ2n) is 3.46. The number of hydrogen-bond acceptors (Lipinski definition) is 4. The van der Waals surface area contributed by atoms with Gasteiger partial charge in [-0.05, 0) is 6.92 Å². The molecule has 1 aliphatic rings. The zero-order valence-electron chi connectivity index (χ0n) is 11.2. The van der Waals surface area contributed by atoms with Gasteiger partial charge in [-0.2, -0.15) is 5.10 Å². The third kappa shape index (κ3) is 3.57. The van der Waals surface area contributed by atoms with Crippen LogP contribution in [0.2, 0.25) is 0 Å². The van der Waals surface area contributed by atoms with Crippen LogP contribution in [0.5, 0.6) is 0 Å². The summed E-state index contributed by atoms with van der Waals surface area (Å²) in [5.74, 6) is 0.479. The average molecular weight is 251 g/mol. The van der Waals surface area contributed by atoms with Crippen LogP contribution < -0.4 is 0 Å².